The summed E-state index contributed by atoms with van der Waals surface area (Å²) in [5, 5.41) is 10.4. The lowest BCUT2D eigenvalue weighted by Gasteiger charge is -2.08. The summed E-state index contributed by atoms with van der Waals surface area (Å²) in [6, 6.07) is 4.04. The van der Waals surface area contributed by atoms with Crippen LogP contribution in [0.3, 0.4) is 0 Å². The number of hydrogen-bond acceptors (Lipinski definition) is 6. The average molecular weight is 323 g/mol. The van der Waals surface area contributed by atoms with E-state index in [4.69, 9.17) is 0 Å². The van der Waals surface area contributed by atoms with Gasteiger partial charge in [0.1, 0.15) is 0 Å². The molecular formula is C9H13N3O6S2. The van der Waals surface area contributed by atoms with E-state index >= 15 is 0 Å². The number of benzene rings is 1. The molecule has 0 radical (unpaired) electrons. The molecule has 0 amide bonds. The molecule has 0 atom stereocenters. The third-order valence-corrected chi connectivity index (χ3v) is 4.91. The van der Waals surface area contributed by atoms with Crippen LogP contribution in [0.4, 0.5) is 5.69 Å². The van der Waals surface area contributed by atoms with Gasteiger partial charge in [-0.3, -0.25) is 10.1 Å². The van der Waals surface area contributed by atoms with Gasteiger partial charge in [-0.1, -0.05) is 6.92 Å². The van der Waals surface area contributed by atoms with Crippen LogP contribution >= 0.6 is 0 Å². The fraction of sp³-hybridized carbons (Fsp3) is 0.333. The SMILES string of the molecule is CCCS(=O)(=O)NNS(=O)(=O)c1ccc([N+](=O)[O-])cc1. The lowest BCUT2D eigenvalue weighted by atomic mass is 10.3. The van der Waals surface area contributed by atoms with Crippen molar-refractivity contribution in [3.05, 3.63) is 34.4 Å². The van der Waals surface area contributed by atoms with Crippen LogP contribution < -0.4 is 9.66 Å². The quantitative estimate of drug-likeness (QED) is 0.540. The number of nitrogens with zero attached hydrogens (tertiary/aromatic N) is 1. The summed E-state index contributed by atoms with van der Waals surface area (Å²) in [7, 11) is -7.86. The molecule has 112 valence electrons. The molecule has 0 aliphatic carbocycles. The van der Waals surface area contributed by atoms with Gasteiger partial charge in [-0.25, -0.2) is 16.8 Å². The second-order valence-corrected chi connectivity index (χ2v) is 7.30. The molecule has 11 heteroatoms. The number of nitrogens with one attached hydrogen (secondary N) is 2. The van der Waals surface area contributed by atoms with Crippen LogP contribution in [0.25, 0.3) is 0 Å². The van der Waals surface area contributed by atoms with E-state index in [1.165, 1.54) is 0 Å². The first-order valence-electron chi connectivity index (χ1n) is 5.43. The molecule has 0 spiro atoms. The highest BCUT2D eigenvalue weighted by atomic mass is 32.2. The molecule has 0 saturated carbocycles. The van der Waals surface area contributed by atoms with Crippen molar-refractivity contribution in [2.45, 2.75) is 18.2 Å². The normalized spacial score (nSPS) is 12.2. The van der Waals surface area contributed by atoms with E-state index in [9.17, 15) is 26.9 Å². The van der Waals surface area contributed by atoms with Crippen molar-refractivity contribution in [2.24, 2.45) is 0 Å². The van der Waals surface area contributed by atoms with Gasteiger partial charge < -0.3 is 0 Å². The fourth-order valence-electron chi connectivity index (χ4n) is 1.24. The molecule has 9 nitrogen and oxygen atoms in total. The molecule has 0 saturated heterocycles. The van der Waals surface area contributed by atoms with Gasteiger partial charge in [0.05, 0.1) is 15.6 Å². The second-order valence-electron chi connectivity index (χ2n) is 3.78. The molecule has 0 fully saturated rings. The maximum atomic E-state index is 11.8. The summed E-state index contributed by atoms with van der Waals surface area (Å²) >= 11 is 0. The maximum absolute atomic E-state index is 11.8. The highest BCUT2D eigenvalue weighted by molar-refractivity contribution is 7.92. The van der Waals surface area contributed by atoms with Gasteiger partial charge >= 0.3 is 0 Å². The van der Waals surface area contributed by atoms with Crippen LogP contribution in [0.15, 0.2) is 29.2 Å². The van der Waals surface area contributed by atoms with Gasteiger partial charge in [-0.2, -0.15) is 0 Å². The zero-order chi connectivity index (χ0) is 15.4. The van der Waals surface area contributed by atoms with Crippen molar-refractivity contribution >= 4 is 25.7 Å². The van der Waals surface area contributed by atoms with Gasteiger partial charge in [0.25, 0.3) is 15.7 Å². The minimum atomic E-state index is -4.12. The van der Waals surface area contributed by atoms with E-state index < -0.39 is 25.0 Å². The number of hydrogen-bond donors (Lipinski definition) is 2. The summed E-state index contributed by atoms with van der Waals surface area (Å²) < 4.78 is 46.2. The number of hydrazine groups is 1. The van der Waals surface area contributed by atoms with Crippen LogP contribution in [-0.4, -0.2) is 27.5 Å². The Morgan fingerprint density at radius 3 is 2.10 bits per heavy atom. The van der Waals surface area contributed by atoms with E-state index in [2.05, 4.69) is 0 Å². The van der Waals surface area contributed by atoms with Crippen LogP contribution in [0.1, 0.15) is 13.3 Å². The van der Waals surface area contributed by atoms with Crippen LogP contribution in [-0.2, 0) is 20.0 Å². The Kier molecular flexibility index (Phi) is 5.16. The van der Waals surface area contributed by atoms with Crippen molar-refractivity contribution in [3.63, 3.8) is 0 Å². The number of nitro benzene ring substituents is 1. The molecule has 0 aromatic heterocycles. The second kappa shape index (κ2) is 6.26. The predicted molar refractivity (Wildman–Crippen MR) is 70.6 cm³/mol. The third kappa shape index (κ3) is 4.52. The van der Waals surface area contributed by atoms with Crippen molar-refractivity contribution in [1.82, 2.24) is 9.66 Å². The predicted octanol–water partition coefficient (Wildman–Crippen LogP) is 0.118. The highest BCUT2D eigenvalue weighted by Gasteiger charge is 2.18. The molecule has 0 aliphatic rings. The van der Waals surface area contributed by atoms with Gasteiger partial charge in [0.2, 0.25) is 10.0 Å². The molecule has 1 rings (SSSR count). The molecular weight excluding hydrogens is 310 g/mol. The number of nitro groups is 1. The first-order chi connectivity index (χ1) is 9.18. The Labute approximate surface area is 116 Å². The summed E-state index contributed by atoms with van der Waals surface area (Å²) in [5.41, 5.74) is -0.268. The minimum absolute atomic E-state index is 0.226. The average Bonchev–Trinajstić information content (AvgIpc) is 2.37. The summed E-state index contributed by atoms with van der Waals surface area (Å²) in [6.07, 6.45) is 0.328. The smallest absolute Gasteiger partial charge is 0.258 e. The first kappa shape index (κ1) is 16.5. The van der Waals surface area contributed by atoms with Crippen molar-refractivity contribution < 1.29 is 21.8 Å². The van der Waals surface area contributed by atoms with E-state index in [-0.39, 0.29) is 16.3 Å². The van der Waals surface area contributed by atoms with Gasteiger partial charge in [0, 0.05) is 12.1 Å². The molecule has 20 heavy (non-hydrogen) atoms. The van der Waals surface area contributed by atoms with Gasteiger partial charge in [-0.05, 0) is 18.6 Å². The fourth-order valence-corrected chi connectivity index (χ4v) is 3.44. The highest BCUT2D eigenvalue weighted by Crippen LogP contribution is 2.15. The maximum Gasteiger partial charge on any atom is 0.269 e. The lowest BCUT2D eigenvalue weighted by molar-refractivity contribution is -0.384. The number of non-ortho nitro benzene ring substituents is 1. The van der Waals surface area contributed by atoms with E-state index in [1.54, 1.807) is 16.6 Å². The Morgan fingerprint density at radius 1 is 1.10 bits per heavy atom. The number of rotatable bonds is 7. The molecule has 0 heterocycles. The van der Waals surface area contributed by atoms with Crippen LogP contribution in [0.5, 0.6) is 0 Å². The first-order valence-corrected chi connectivity index (χ1v) is 8.57. The Hall–Kier alpha value is -1.56. The molecule has 1 aromatic rings. The molecule has 0 aliphatic heterocycles. The Morgan fingerprint density at radius 2 is 1.65 bits per heavy atom. The molecule has 0 unspecified atom stereocenters. The third-order valence-electron chi connectivity index (χ3n) is 2.16. The van der Waals surface area contributed by atoms with Gasteiger partial charge in [-0.15, -0.1) is 9.66 Å². The monoisotopic (exact) mass is 323 g/mol. The zero-order valence-electron chi connectivity index (χ0n) is 10.4. The largest absolute Gasteiger partial charge is 0.269 e. The van der Waals surface area contributed by atoms with Crippen molar-refractivity contribution in [2.75, 3.05) is 5.75 Å². The van der Waals surface area contributed by atoms with Crippen LogP contribution in [0, 0.1) is 10.1 Å². The Bertz CT molecular complexity index is 681. The summed E-state index contributed by atoms with van der Waals surface area (Å²) in [4.78, 5) is 12.9. The zero-order valence-corrected chi connectivity index (χ0v) is 12.1. The summed E-state index contributed by atoms with van der Waals surface area (Å²) in [5.74, 6) is -0.226. The van der Waals surface area contributed by atoms with Crippen molar-refractivity contribution in [3.8, 4) is 0 Å². The standard InChI is InChI=1S/C9H13N3O6S2/c1-2-7-19(15,16)10-11-20(17,18)9-5-3-8(4-6-9)12(13)14/h3-6,10-11H,2,7H2,1H3. The van der Waals surface area contributed by atoms with E-state index in [1.807, 2.05) is 0 Å². The Balaban J connectivity index is 2.87. The topological polar surface area (TPSA) is 135 Å². The number of sulfonamides is 2. The molecule has 1 aromatic carbocycles. The lowest BCUT2D eigenvalue weighted by Crippen LogP contribution is -2.42. The van der Waals surface area contributed by atoms with Crippen molar-refractivity contribution in [1.29, 1.82) is 0 Å². The van der Waals surface area contributed by atoms with Crippen LogP contribution in [0.2, 0.25) is 0 Å². The molecule has 2 N–H and O–H groups in total. The molecule has 0 bridgehead atoms. The van der Waals surface area contributed by atoms with E-state index in [0.29, 0.717) is 6.42 Å². The van der Waals surface area contributed by atoms with E-state index in [0.717, 1.165) is 24.3 Å². The van der Waals surface area contributed by atoms with Gasteiger partial charge in [0.15, 0.2) is 0 Å². The minimum Gasteiger partial charge on any atom is -0.258 e. The summed E-state index contributed by atoms with van der Waals surface area (Å²) in [6.45, 7) is 1.63.